The minimum absolute atomic E-state index is 0.0122. The highest BCUT2D eigenvalue weighted by atomic mass is 16.2. The highest BCUT2D eigenvalue weighted by Gasteiger charge is 2.21. The lowest BCUT2D eigenvalue weighted by atomic mass is 10.0. The molecule has 31 heavy (non-hydrogen) atoms. The highest BCUT2D eigenvalue weighted by Crippen LogP contribution is 2.19. The smallest absolute Gasteiger partial charge is 0.242 e. The number of nitrogens with one attached hydrogen (secondary N) is 1. The summed E-state index contributed by atoms with van der Waals surface area (Å²) in [5.41, 5.74) is 3.62. The molecule has 1 heterocycles. The molecule has 0 bridgehead atoms. The molecule has 0 saturated carbocycles. The second-order valence-electron chi connectivity index (χ2n) is 8.18. The van der Waals surface area contributed by atoms with Crippen LogP contribution in [0.1, 0.15) is 16.7 Å². The summed E-state index contributed by atoms with van der Waals surface area (Å²) in [7, 11) is 0. The molecule has 1 N–H and O–H groups in total. The van der Waals surface area contributed by atoms with Crippen molar-refractivity contribution in [3.8, 4) is 0 Å². The van der Waals surface area contributed by atoms with Gasteiger partial charge in [0.25, 0.3) is 0 Å². The van der Waals surface area contributed by atoms with Crippen molar-refractivity contribution in [1.29, 1.82) is 0 Å². The monoisotopic (exact) mass is 415 g/mol. The number of aryl methyl sites for hydroxylation is 1. The first-order chi connectivity index (χ1) is 15.1. The van der Waals surface area contributed by atoms with E-state index in [1.54, 1.807) is 0 Å². The highest BCUT2D eigenvalue weighted by molar-refractivity contribution is 5.91. The van der Waals surface area contributed by atoms with Gasteiger partial charge in [0, 0.05) is 32.7 Å². The van der Waals surface area contributed by atoms with Crippen molar-refractivity contribution in [2.75, 3.05) is 32.7 Å². The molecular formula is C26H29N3O2. The number of benzene rings is 3. The van der Waals surface area contributed by atoms with Gasteiger partial charge in [0.05, 0.1) is 13.0 Å². The van der Waals surface area contributed by atoms with Gasteiger partial charge in [-0.3, -0.25) is 14.5 Å². The van der Waals surface area contributed by atoms with E-state index in [-0.39, 0.29) is 24.8 Å². The van der Waals surface area contributed by atoms with Gasteiger partial charge in [0.2, 0.25) is 11.8 Å². The normalized spacial score (nSPS) is 14.5. The number of rotatable bonds is 6. The predicted molar refractivity (Wildman–Crippen MR) is 124 cm³/mol. The summed E-state index contributed by atoms with van der Waals surface area (Å²) in [6.45, 7) is 6.20. The second kappa shape index (κ2) is 9.75. The van der Waals surface area contributed by atoms with Crippen LogP contribution >= 0.6 is 0 Å². The molecule has 0 atom stereocenters. The average molecular weight is 416 g/mol. The molecular weight excluding hydrogens is 386 g/mol. The van der Waals surface area contributed by atoms with Gasteiger partial charge in [0.1, 0.15) is 0 Å². The van der Waals surface area contributed by atoms with E-state index < -0.39 is 0 Å². The maximum absolute atomic E-state index is 12.6. The lowest BCUT2D eigenvalue weighted by Crippen LogP contribution is -2.51. The Hall–Kier alpha value is -3.18. The van der Waals surface area contributed by atoms with E-state index in [4.69, 9.17) is 0 Å². The van der Waals surface area contributed by atoms with Crippen LogP contribution in [-0.2, 0) is 22.6 Å². The Morgan fingerprint density at radius 1 is 0.839 bits per heavy atom. The maximum Gasteiger partial charge on any atom is 0.242 e. The van der Waals surface area contributed by atoms with Gasteiger partial charge in [-0.1, -0.05) is 66.7 Å². The Morgan fingerprint density at radius 3 is 2.32 bits per heavy atom. The van der Waals surface area contributed by atoms with Gasteiger partial charge in [-0.15, -0.1) is 0 Å². The third-order valence-electron chi connectivity index (χ3n) is 6.05. The van der Waals surface area contributed by atoms with Gasteiger partial charge >= 0.3 is 0 Å². The average Bonchev–Trinajstić information content (AvgIpc) is 2.80. The van der Waals surface area contributed by atoms with E-state index in [1.165, 1.54) is 11.1 Å². The zero-order valence-corrected chi connectivity index (χ0v) is 18.0. The van der Waals surface area contributed by atoms with Gasteiger partial charge < -0.3 is 10.2 Å². The van der Waals surface area contributed by atoms with Crippen LogP contribution in [0.5, 0.6) is 0 Å². The van der Waals surface area contributed by atoms with E-state index in [2.05, 4.69) is 41.4 Å². The fraction of sp³-hybridized carbons (Fsp3) is 0.308. The third kappa shape index (κ3) is 5.30. The first kappa shape index (κ1) is 21.1. The van der Waals surface area contributed by atoms with Crippen molar-refractivity contribution in [2.45, 2.75) is 19.9 Å². The third-order valence-corrected chi connectivity index (χ3v) is 6.05. The molecule has 0 spiro atoms. The number of fused-ring (bicyclic) bond motifs is 1. The van der Waals surface area contributed by atoms with E-state index in [0.717, 1.165) is 36.0 Å². The van der Waals surface area contributed by atoms with Crippen LogP contribution in [0.4, 0.5) is 0 Å². The molecule has 0 aromatic heterocycles. The number of nitrogens with zero attached hydrogens (tertiary/aromatic N) is 2. The van der Waals surface area contributed by atoms with Crippen LogP contribution < -0.4 is 5.32 Å². The van der Waals surface area contributed by atoms with E-state index in [9.17, 15) is 9.59 Å². The first-order valence-electron chi connectivity index (χ1n) is 10.9. The molecule has 2 amide bonds. The second-order valence-corrected chi connectivity index (χ2v) is 8.18. The van der Waals surface area contributed by atoms with E-state index in [1.807, 2.05) is 47.4 Å². The number of hydrogen-bond donors (Lipinski definition) is 1. The summed E-state index contributed by atoms with van der Waals surface area (Å²) >= 11 is 0. The predicted octanol–water partition coefficient (Wildman–Crippen LogP) is 3.15. The molecule has 0 radical (unpaired) electrons. The lowest BCUT2D eigenvalue weighted by Gasteiger charge is -2.35. The number of piperazine rings is 1. The summed E-state index contributed by atoms with van der Waals surface area (Å²) in [5, 5.41) is 5.01. The molecule has 1 fully saturated rings. The zero-order chi connectivity index (χ0) is 21.6. The molecule has 160 valence electrons. The first-order valence-corrected chi connectivity index (χ1v) is 10.9. The summed E-state index contributed by atoms with van der Waals surface area (Å²) in [4.78, 5) is 29.3. The Morgan fingerprint density at radius 2 is 1.52 bits per heavy atom. The van der Waals surface area contributed by atoms with Gasteiger partial charge in [0.15, 0.2) is 0 Å². The molecule has 5 heteroatoms. The minimum Gasteiger partial charge on any atom is -0.347 e. The Labute approximate surface area is 183 Å². The van der Waals surface area contributed by atoms with Crippen LogP contribution in [-0.4, -0.2) is 54.3 Å². The molecule has 1 aliphatic heterocycles. The summed E-state index contributed by atoms with van der Waals surface area (Å²) in [6, 6.07) is 22.4. The maximum atomic E-state index is 12.6. The Balaban J connectivity index is 1.24. The number of hydrogen-bond acceptors (Lipinski definition) is 3. The van der Waals surface area contributed by atoms with Crippen molar-refractivity contribution in [1.82, 2.24) is 15.1 Å². The molecule has 3 aromatic carbocycles. The van der Waals surface area contributed by atoms with Crippen molar-refractivity contribution >= 4 is 22.6 Å². The molecule has 0 unspecified atom stereocenters. The van der Waals surface area contributed by atoms with Crippen LogP contribution in [0, 0.1) is 6.92 Å². The Kier molecular flexibility index (Phi) is 6.63. The lowest BCUT2D eigenvalue weighted by molar-refractivity contribution is -0.134. The van der Waals surface area contributed by atoms with E-state index >= 15 is 0 Å². The summed E-state index contributed by atoms with van der Waals surface area (Å²) in [6.07, 6.45) is 0.277. The topological polar surface area (TPSA) is 52.6 Å². The van der Waals surface area contributed by atoms with Gasteiger partial charge in [-0.25, -0.2) is 0 Å². The van der Waals surface area contributed by atoms with Crippen LogP contribution in [0.25, 0.3) is 10.8 Å². The summed E-state index contributed by atoms with van der Waals surface area (Å²) in [5.74, 6) is -0.135. The van der Waals surface area contributed by atoms with Crippen LogP contribution in [0.3, 0.4) is 0 Å². The molecule has 1 saturated heterocycles. The molecule has 1 aliphatic rings. The van der Waals surface area contributed by atoms with Crippen molar-refractivity contribution < 1.29 is 9.59 Å². The van der Waals surface area contributed by atoms with E-state index in [0.29, 0.717) is 13.1 Å². The SMILES string of the molecule is Cc1ccccc1CN1CCN(C(=O)CNC(=O)Cc2cccc3ccccc23)CC1. The Bertz CT molecular complexity index is 1070. The molecule has 4 rings (SSSR count). The zero-order valence-electron chi connectivity index (χ0n) is 18.0. The molecule has 0 aliphatic carbocycles. The van der Waals surface area contributed by atoms with Crippen molar-refractivity contribution in [3.63, 3.8) is 0 Å². The number of carbonyl (C=O) groups excluding carboxylic acids is 2. The van der Waals surface area contributed by atoms with Crippen molar-refractivity contribution in [3.05, 3.63) is 83.4 Å². The van der Waals surface area contributed by atoms with Gasteiger partial charge in [-0.2, -0.15) is 0 Å². The standard InChI is InChI=1S/C26H29N3O2/c1-20-7-2-3-9-23(20)19-28-13-15-29(16-14-28)26(31)18-27-25(30)17-22-11-6-10-21-8-4-5-12-24(21)22/h2-12H,13-19H2,1H3,(H,27,30). The van der Waals surface area contributed by atoms with Crippen LogP contribution in [0.2, 0.25) is 0 Å². The van der Waals surface area contributed by atoms with Gasteiger partial charge in [-0.05, 0) is 34.4 Å². The largest absolute Gasteiger partial charge is 0.347 e. The quantitative estimate of drug-likeness (QED) is 0.673. The fourth-order valence-electron chi connectivity index (χ4n) is 4.15. The molecule has 5 nitrogen and oxygen atoms in total. The summed E-state index contributed by atoms with van der Waals surface area (Å²) < 4.78 is 0. The van der Waals surface area contributed by atoms with Crippen LogP contribution in [0.15, 0.2) is 66.7 Å². The fourth-order valence-corrected chi connectivity index (χ4v) is 4.15. The number of carbonyl (C=O) groups is 2. The van der Waals surface area contributed by atoms with Crippen molar-refractivity contribution in [2.24, 2.45) is 0 Å². The number of amides is 2. The molecule has 3 aromatic rings. The minimum atomic E-state index is -0.122.